The summed E-state index contributed by atoms with van der Waals surface area (Å²) < 4.78 is 0. The van der Waals surface area contributed by atoms with Gasteiger partial charge in [0.25, 0.3) is 0 Å². The standard InChI is InChI=1S/C19H32O/c1-12-11-13-5-3-7-16(20)18(13)14-8-10-19(2)9-4-6-15(19)17(12)14/h12-18,20H,3-11H2,1-2H3/t12-,13?,14+,15+,16?,17-,18+,19+/m1/s1. The molecule has 0 aromatic heterocycles. The topological polar surface area (TPSA) is 20.2 Å². The molecule has 4 aliphatic rings. The zero-order valence-electron chi connectivity index (χ0n) is 13.4. The fraction of sp³-hybridized carbons (Fsp3) is 1.00. The van der Waals surface area contributed by atoms with E-state index in [1.807, 2.05) is 0 Å². The lowest BCUT2D eigenvalue weighted by atomic mass is 9.48. The van der Waals surface area contributed by atoms with Gasteiger partial charge in [-0.2, -0.15) is 0 Å². The summed E-state index contributed by atoms with van der Waals surface area (Å²) in [5.41, 5.74) is 0.655. The first-order valence-corrected chi connectivity index (χ1v) is 9.28. The SMILES string of the molecule is C[C@@H]1CC2CCCC(O)[C@@H]2[C@H]2CC[C@]3(C)CCC[C@H]3[C@@H]21. The molecule has 0 saturated heterocycles. The first-order valence-electron chi connectivity index (χ1n) is 9.28. The Kier molecular flexibility index (Phi) is 3.22. The first kappa shape index (κ1) is 13.6. The van der Waals surface area contributed by atoms with Crippen LogP contribution in [0.5, 0.6) is 0 Å². The molecule has 114 valence electrons. The second kappa shape index (κ2) is 4.73. The zero-order valence-corrected chi connectivity index (χ0v) is 13.4. The van der Waals surface area contributed by atoms with E-state index in [1.54, 1.807) is 0 Å². The van der Waals surface area contributed by atoms with Gasteiger partial charge in [-0.25, -0.2) is 0 Å². The van der Waals surface area contributed by atoms with Gasteiger partial charge in [0.15, 0.2) is 0 Å². The molecule has 4 aliphatic carbocycles. The average Bonchev–Trinajstić information content (AvgIpc) is 2.80. The van der Waals surface area contributed by atoms with Crippen LogP contribution in [0.25, 0.3) is 0 Å². The maximum atomic E-state index is 10.6. The molecule has 4 fully saturated rings. The highest BCUT2D eigenvalue weighted by Gasteiger charge is 2.56. The van der Waals surface area contributed by atoms with Crippen LogP contribution in [0, 0.1) is 40.9 Å². The molecule has 4 rings (SSSR count). The van der Waals surface area contributed by atoms with Crippen LogP contribution in [0.4, 0.5) is 0 Å². The molecule has 0 spiro atoms. The van der Waals surface area contributed by atoms with Gasteiger partial charge in [0.05, 0.1) is 6.10 Å². The summed E-state index contributed by atoms with van der Waals surface area (Å²) in [4.78, 5) is 0. The molecule has 1 nitrogen and oxygen atoms in total. The molecule has 0 radical (unpaired) electrons. The molecule has 0 bridgehead atoms. The monoisotopic (exact) mass is 276 g/mol. The number of fused-ring (bicyclic) bond motifs is 5. The Morgan fingerprint density at radius 3 is 2.65 bits per heavy atom. The minimum atomic E-state index is 0.0273. The van der Waals surface area contributed by atoms with Gasteiger partial charge < -0.3 is 5.11 Å². The Balaban J connectivity index is 1.65. The van der Waals surface area contributed by atoms with Gasteiger partial charge in [-0.15, -0.1) is 0 Å². The van der Waals surface area contributed by atoms with Crippen molar-refractivity contribution in [2.45, 2.75) is 77.7 Å². The van der Waals surface area contributed by atoms with Crippen molar-refractivity contribution < 1.29 is 5.11 Å². The van der Waals surface area contributed by atoms with E-state index in [1.165, 1.54) is 51.4 Å². The maximum Gasteiger partial charge on any atom is 0.0573 e. The predicted octanol–water partition coefficient (Wildman–Crippen LogP) is 4.64. The Morgan fingerprint density at radius 1 is 0.950 bits per heavy atom. The van der Waals surface area contributed by atoms with Crippen LogP contribution in [-0.2, 0) is 0 Å². The highest BCUT2D eigenvalue weighted by molar-refractivity contribution is 5.05. The fourth-order valence-corrected chi connectivity index (χ4v) is 7.31. The smallest absolute Gasteiger partial charge is 0.0573 e. The van der Waals surface area contributed by atoms with Gasteiger partial charge in [-0.05, 0) is 85.9 Å². The maximum absolute atomic E-state index is 10.6. The van der Waals surface area contributed by atoms with Crippen molar-refractivity contribution in [1.29, 1.82) is 0 Å². The van der Waals surface area contributed by atoms with Gasteiger partial charge in [0.2, 0.25) is 0 Å². The van der Waals surface area contributed by atoms with E-state index in [2.05, 4.69) is 13.8 Å². The third kappa shape index (κ3) is 1.84. The largest absolute Gasteiger partial charge is 0.393 e. The Bertz CT molecular complexity index is 378. The summed E-state index contributed by atoms with van der Waals surface area (Å²) in [7, 11) is 0. The van der Waals surface area contributed by atoms with Gasteiger partial charge >= 0.3 is 0 Å². The van der Waals surface area contributed by atoms with Crippen molar-refractivity contribution in [3.63, 3.8) is 0 Å². The van der Waals surface area contributed by atoms with E-state index in [-0.39, 0.29) is 6.10 Å². The molecule has 0 aromatic carbocycles. The molecule has 0 amide bonds. The molecule has 4 saturated carbocycles. The van der Waals surface area contributed by atoms with Gasteiger partial charge in [0.1, 0.15) is 0 Å². The summed E-state index contributed by atoms with van der Waals surface area (Å²) in [6.07, 6.45) is 12.5. The zero-order chi connectivity index (χ0) is 13.9. The lowest BCUT2D eigenvalue weighted by Crippen LogP contribution is -2.53. The van der Waals surface area contributed by atoms with E-state index in [9.17, 15) is 5.11 Å². The molecule has 20 heavy (non-hydrogen) atoms. The second-order valence-corrected chi connectivity index (χ2v) is 8.98. The molecule has 8 atom stereocenters. The third-order valence-electron chi connectivity index (χ3n) is 8.06. The van der Waals surface area contributed by atoms with Crippen LogP contribution in [0.2, 0.25) is 0 Å². The minimum Gasteiger partial charge on any atom is -0.393 e. The van der Waals surface area contributed by atoms with Crippen molar-refractivity contribution >= 4 is 0 Å². The minimum absolute atomic E-state index is 0.0273. The van der Waals surface area contributed by atoms with Crippen molar-refractivity contribution in [3.05, 3.63) is 0 Å². The van der Waals surface area contributed by atoms with Crippen LogP contribution >= 0.6 is 0 Å². The second-order valence-electron chi connectivity index (χ2n) is 8.98. The quantitative estimate of drug-likeness (QED) is 0.683. The van der Waals surface area contributed by atoms with E-state index in [0.717, 1.165) is 36.0 Å². The Morgan fingerprint density at radius 2 is 1.80 bits per heavy atom. The first-order chi connectivity index (χ1) is 9.60. The van der Waals surface area contributed by atoms with E-state index in [0.29, 0.717) is 11.3 Å². The molecular weight excluding hydrogens is 244 g/mol. The molecule has 1 heteroatoms. The van der Waals surface area contributed by atoms with Crippen LogP contribution in [0.3, 0.4) is 0 Å². The van der Waals surface area contributed by atoms with E-state index >= 15 is 0 Å². The number of aliphatic hydroxyl groups excluding tert-OH is 1. The van der Waals surface area contributed by atoms with Crippen LogP contribution in [-0.4, -0.2) is 11.2 Å². The summed E-state index contributed by atoms with van der Waals surface area (Å²) >= 11 is 0. The third-order valence-corrected chi connectivity index (χ3v) is 8.06. The summed E-state index contributed by atoms with van der Waals surface area (Å²) in [5.74, 6) is 5.19. The molecular formula is C19H32O. The lowest BCUT2D eigenvalue weighted by molar-refractivity contribution is -0.119. The van der Waals surface area contributed by atoms with Crippen LogP contribution in [0.1, 0.15) is 71.6 Å². The molecule has 1 N–H and O–H groups in total. The van der Waals surface area contributed by atoms with Crippen molar-refractivity contribution in [1.82, 2.24) is 0 Å². The summed E-state index contributed by atoms with van der Waals surface area (Å²) in [5, 5.41) is 10.6. The highest BCUT2D eigenvalue weighted by Crippen LogP contribution is 2.63. The summed E-state index contributed by atoms with van der Waals surface area (Å²) in [6.45, 7) is 5.12. The van der Waals surface area contributed by atoms with Crippen LogP contribution in [0.15, 0.2) is 0 Å². The van der Waals surface area contributed by atoms with Crippen molar-refractivity contribution in [2.75, 3.05) is 0 Å². The Labute approximate surface area is 124 Å². The van der Waals surface area contributed by atoms with E-state index < -0.39 is 0 Å². The van der Waals surface area contributed by atoms with Gasteiger partial charge in [-0.1, -0.05) is 26.7 Å². The number of hydrogen-bond acceptors (Lipinski definition) is 1. The lowest BCUT2D eigenvalue weighted by Gasteiger charge is -2.58. The average molecular weight is 276 g/mol. The predicted molar refractivity (Wildman–Crippen MR) is 82.3 cm³/mol. The number of rotatable bonds is 0. The number of aliphatic hydroxyl groups is 1. The normalized spacial score (nSPS) is 58.6. The van der Waals surface area contributed by atoms with Crippen molar-refractivity contribution in [3.8, 4) is 0 Å². The molecule has 0 heterocycles. The highest BCUT2D eigenvalue weighted by atomic mass is 16.3. The van der Waals surface area contributed by atoms with Crippen LogP contribution < -0.4 is 0 Å². The summed E-state index contributed by atoms with van der Waals surface area (Å²) in [6, 6.07) is 0. The van der Waals surface area contributed by atoms with Gasteiger partial charge in [0, 0.05) is 0 Å². The molecule has 0 aliphatic heterocycles. The Hall–Kier alpha value is -0.0400. The fourth-order valence-electron chi connectivity index (χ4n) is 7.31. The molecule has 2 unspecified atom stereocenters. The number of hydrogen-bond donors (Lipinski definition) is 1. The molecule has 0 aromatic rings. The van der Waals surface area contributed by atoms with Gasteiger partial charge in [-0.3, -0.25) is 0 Å². The van der Waals surface area contributed by atoms with E-state index in [4.69, 9.17) is 0 Å². The van der Waals surface area contributed by atoms with Crippen molar-refractivity contribution in [2.24, 2.45) is 40.9 Å².